The van der Waals surface area contributed by atoms with Crippen LogP contribution in [0.2, 0.25) is 5.02 Å². The predicted octanol–water partition coefficient (Wildman–Crippen LogP) is 3.27. The van der Waals surface area contributed by atoms with Crippen molar-refractivity contribution < 1.29 is 19.1 Å². The highest BCUT2D eigenvalue weighted by Gasteiger charge is 2.34. The molecule has 0 unspecified atom stereocenters. The Hall–Kier alpha value is -3.32. The van der Waals surface area contributed by atoms with E-state index in [1.165, 1.54) is 6.08 Å². The number of anilines is 1. The topological polar surface area (TPSA) is 87.7 Å². The molecule has 0 spiro atoms. The number of nitrogens with zero attached hydrogens (tertiary/aromatic N) is 1. The van der Waals surface area contributed by atoms with Gasteiger partial charge in [-0.2, -0.15) is 0 Å². The van der Waals surface area contributed by atoms with Crippen LogP contribution in [0, 0.1) is 0 Å². The summed E-state index contributed by atoms with van der Waals surface area (Å²) in [6, 6.07) is 13.0. The second-order valence-corrected chi connectivity index (χ2v) is 6.37. The van der Waals surface area contributed by atoms with E-state index in [1.807, 2.05) is 6.92 Å². The van der Waals surface area contributed by atoms with E-state index in [4.69, 9.17) is 16.3 Å². The minimum absolute atomic E-state index is 0.0983. The molecule has 1 heterocycles. The average Bonchev–Trinajstić information content (AvgIpc) is 2.93. The Bertz CT molecular complexity index is 923. The van der Waals surface area contributed by atoms with Crippen LogP contribution in [0.4, 0.5) is 10.5 Å². The van der Waals surface area contributed by atoms with E-state index in [-0.39, 0.29) is 5.70 Å². The van der Waals surface area contributed by atoms with E-state index < -0.39 is 24.4 Å². The van der Waals surface area contributed by atoms with Gasteiger partial charge in [0.05, 0.1) is 6.61 Å². The molecule has 1 aliphatic heterocycles. The standard InChI is InChI=1S/C20H18ClN3O4/c1-2-28-16-9-7-15(8-10-16)22-18(25)12-24-19(26)17(23-20(24)27)11-13-3-5-14(21)6-4-13/h3-11H,2,12H2,1H3,(H,22,25)(H,23,27)/b17-11-. The van der Waals surface area contributed by atoms with Crippen LogP contribution in [-0.2, 0) is 9.59 Å². The number of benzene rings is 2. The zero-order chi connectivity index (χ0) is 20.1. The Kier molecular flexibility index (Phi) is 5.96. The highest BCUT2D eigenvalue weighted by molar-refractivity contribution is 6.30. The maximum atomic E-state index is 12.4. The highest BCUT2D eigenvalue weighted by Crippen LogP contribution is 2.18. The molecule has 0 aliphatic carbocycles. The quantitative estimate of drug-likeness (QED) is 0.576. The van der Waals surface area contributed by atoms with E-state index in [0.717, 1.165) is 4.90 Å². The van der Waals surface area contributed by atoms with Crippen LogP contribution in [0.15, 0.2) is 54.2 Å². The van der Waals surface area contributed by atoms with Gasteiger partial charge in [0.1, 0.15) is 18.0 Å². The van der Waals surface area contributed by atoms with Gasteiger partial charge in [0.15, 0.2) is 0 Å². The Labute approximate surface area is 166 Å². The molecule has 0 radical (unpaired) electrons. The Morgan fingerprint density at radius 1 is 1.14 bits per heavy atom. The largest absolute Gasteiger partial charge is 0.494 e. The number of hydrogen-bond acceptors (Lipinski definition) is 4. The third kappa shape index (κ3) is 4.69. The molecular weight excluding hydrogens is 382 g/mol. The first kappa shape index (κ1) is 19.4. The van der Waals surface area contributed by atoms with Gasteiger partial charge >= 0.3 is 6.03 Å². The minimum Gasteiger partial charge on any atom is -0.494 e. The number of rotatable bonds is 6. The number of nitrogens with one attached hydrogen (secondary N) is 2. The summed E-state index contributed by atoms with van der Waals surface area (Å²) >= 11 is 5.83. The molecule has 3 rings (SSSR count). The molecule has 1 saturated heterocycles. The van der Waals surface area contributed by atoms with Crippen molar-refractivity contribution in [1.29, 1.82) is 0 Å². The lowest BCUT2D eigenvalue weighted by Gasteiger charge is -2.12. The maximum absolute atomic E-state index is 12.4. The number of urea groups is 1. The van der Waals surface area contributed by atoms with Crippen molar-refractivity contribution in [3.05, 3.63) is 64.8 Å². The molecule has 0 saturated carbocycles. The summed E-state index contributed by atoms with van der Waals surface area (Å²) < 4.78 is 5.34. The second-order valence-electron chi connectivity index (χ2n) is 5.94. The Morgan fingerprint density at radius 3 is 2.46 bits per heavy atom. The summed E-state index contributed by atoms with van der Waals surface area (Å²) in [5, 5.41) is 5.69. The number of carbonyl (C=O) groups excluding carboxylic acids is 3. The van der Waals surface area contributed by atoms with Gasteiger partial charge in [0.25, 0.3) is 5.91 Å². The van der Waals surface area contributed by atoms with Crippen LogP contribution in [0.5, 0.6) is 5.75 Å². The number of ether oxygens (including phenoxy) is 1. The van der Waals surface area contributed by atoms with E-state index >= 15 is 0 Å². The monoisotopic (exact) mass is 399 g/mol. The lowest BCUT2D eigenvalue weighted by atomic mass is 10.2. The SMILES string of the molecule is CCOc1ccc(NC(=O)CN2C(=O)N/C(=C\c3ccc(Cl)cc3)C2=O)cc1. The van der Waals surface area contributed by atoms with E-state index in [0.29, 0.717) is 28.6 Å². The van der Waals surface area contributed by atoms with Gasteiger partial charge in [-0.3, -0.25) is 9.59 Å². The maximum Gasteiger partial charge on any atom is 0.329 e. The first-order valence-electron chi connectivity index (χ1n) is 8.59. The fourth-order valence-electron chi connectivity index (χ4n) is 2.59. The minimum atomic E-state index is -0.646. The summed E-state index contributed by atoms with van der Waals surface area (Å²) in [5.74, 6) is -0.367. The third-order valence-electron chi connectivity index (χ3n) is 3.89. The fourth-order valence-corrected chi connectivity index (χ4v) is 2.71. The van der Waals surface area contributed by atoms with Gasteiger partial charge in [0, 0.05) is 10.7 Å². The molecule has 2 aromatic rings. The van der Waals surface area contributed by atoms with Crippen LogP contribution in [0.3, 0.4) is 0 Å². The predicted molar refractivity (Wildman–Crippen MR) is 106 cm³/mol. The molecule has 2 aromatic carbocycles. The lowest BCUT2D eigenvalue weighted by Crippen LogP contribution is -2.38. The zero-order valence-corrected chi connectivity index (χ0v) is 15.8. The zero-order valence-electron chi connectivity index (χ0n) is 15.1. The number of amides is 4. The van der Waals surface area contributed by atoms with Crippen LogP contribution >= 0.6 is 11.6 Å². The smallest absolute Gasteiger partial charge is 0.329 e. The molecule has 0 bridgehead atoms. The Balaban J connectivity index is 1.63. The fraction of sp³-hybridized carbons (Fsp3) is 0.150. The lowest BCUT2D eigenvalue weighted by molar-refractivity contribution is -0.127. The van der Waals surface area contributed by atoms with Crippen molar-refractivity contribution >= 4 is 41.2 Å². The summed E-state index contributed by atoms with van der Waals surface area (Å²) in [4.78, 5) is 37.6. The van der Waals surface area contributed by atoms with E-state index in [1.54, 1.807) is 48.5 Å². The molecule has 0 atom stereocenters. The van der Waals surface area contributed by atoms with Gasteiger partial charge in [-0.1, -0.05) is 23.7 Å². The van der Waals surface area contributed by atoms with Crippen molar-refractivity contribution in [2.75, 3.05) is 18.5 Å². The number of hydrogen-bond donors (Lipinski definition) is 2. The average molecular weight is 400 g/mol. The van der Waals surface area contributed by atoms with Gasteiger partial charge in [-0.15, -0.1) is 0 Å². The molecule has 28 heavy (non-hydrogen) atoms. The summed E-state index contributed by atoms with van der Waals surface area (Å²) in [7, 11) is 0. The molecule has 1 aliphatic rings. The third-order valence-corrected chi connectivity index (χ3v) is 4.15. The number of halogens is 1. The second kappa shape index (κ2) is 8.58. The van der Waals surface area contributed by atoms with Crippen molar-refractivity contribution in [1.82, 2.24) is 10.2 Å². The van der Waals surface area contributed by atoms with Gasteiger partial charge < -0.3 is 15.4 Å². The van der Waals surface area contributed by atoms with Crippen LogP contribution in [0.1, 0.15) is 12.5 Å². The van der Waals surface area contributed by atoms with Crippen LogP contribution in [-0.4, -0.2) is 35.9 Å². The highest BCUT2D eigenvalue weighted by atomic mass is 35.5. The van der Waals surface area contributed by atoms with Crippen molar-refractivity contribution in [3.8, 4) is 5.75 Å². The normalized spacial score (nSPS) is 14.9. The Morgan fingerprint density at radius 2 is 1.82 bits per heavy atom. The molecule has 0 aromatic heterocycles. The molecule has 1 fully saturated rings. The molecule has 144 valence electrons. The first-order chi connectivity index (χ1) is 13.5. The van der Waals surface area contributed by atoms with Gasteiger partial charge in [-0.25, -0.2) is 9.69 Å². The van der Waals surface area contributed by atoms with Crippen LogP contribution < -0.4 is 15.4 Å². The molecular formula is C20H18ClN3O4. The van der Waals surface area contributed by atoms with Crippen molar-refractivity contribution in [3.63, 3.8) is 0 Å². The van der Waals surface area contributed by atoms with Gasteiger partial charge in [-0.05, 0) is 55.0 Å². The molecule has 4 amide bonds. The van der Waals surface area contributed by atoms with Crippen molar-refractivity contribution in [2.24, 2.45) is 0 Å². The number of carbonyl (C=O) groups is 3. The number of imide groups is 1. The molecule has 2 N–H and O–H groups in total. The first-order valence-corrected chi connectivity index (χ1v) is 8.97. The van der Waals surface area contributed by atoms with E-state index in [2.05, 4.69) is 10.6 Å². The summed E-state index contributed by atoms with van der Waals surface area (Å²) in [6.07, 6.45) is 1.53. The van der Waals surface area contributed by atoms with Crippen molar-refractivity contribution in [2.45, 2.75) is 6.92 Å². The van der Waals surface area contributed by atoms with E-state index in [9.17, 15) is 14.4 Å². The summed E-state index contributed by atoms with van der Waals surface area (Å²) in [5.41, 5.74) is 1.34. The van der Waals surface area contributed by atoms with Gasteiger partial charge in [0.2, 0.25) is 5.91 Å². The summed E-state index contributed by atoms with van der Waals surface area (Å²) in [6.45, 7) is 2.03. The van der Waals surface area contributed by atoms with Crippen LogP contribution in [0.25, 0.3) is 6.08 Å². The molecule has 8 heteroatoms. The molecule has 7 nitrogen and oxygen atoms in total.